The minimum absolute atomic E-state index is 0.0906. The zero-order chi connectivity index (χ0) is 14.8. The van der Waals surface area contributed by atoms with Gasteiger partial charge >= 0.3 is 0 Å². The molecular formula is C16H23BrN2O. The Labute approximate surface area is 129 Å². The van der Waals surface area contributed by atoms with Crippen LogP contribution < -0.4 is 10.6 Å². The van der Waals surface area contributed by atoms with Crippen LogP contribution in [0.25, 0.3) is 0 Å². The predicted molar refractivity (Wildman–Crippen MR) is 85.8 cm³/mol. The summed E-state index contributed by atoms with van der Waals surface area (Å²) in [5.41, 5.74) is 1.05. The lowest BCUT2D eigenvalue weighted by molar-refractivity contribution is -0.128. The third-order valence-corrected chi connectivity index (χ3v) is 4.63. The van der Waals surface area contributed by atoms with Crippen LogP contribution in [0.5, 0.6) is 0 Å². The second kappa shape index (κ2) is 6.27. The van der Waals surface area contributed by atoms with Gasteiger partial charge in [-0.3, -0.25) is 4.79 Å². The molecule has 0 saturated heterocycles. The van der Waals surface area contributed by atoms with Crippen LogP contribution in [0.2, 0.25) is 0 Å². The van der Waals surface area contributed by atoms with Crippen molar-refractivity contribution < 1.29 is 4.79 Å². The number of hydrogen-bond acceptors (Lipinski definition) is 2. The Balaban J connectivity index is 1.79. The first-order valence-corrected chi connectivity index (χ1v) is 7.92. The summed E-state index contributed by atoms with van der Waals surface area (Å²) in [6.07, 6.45) is 2.31. The summed E-state index contributed by atoms with van der Waals surface area (Å²) in [5, 5.41) is 6.24. The molecule has 2 rings (SSSR count). The molecule has 1 amide bonds. The quantitative estimate of drug-likeness (QED) is 0.866. The SMILES string of the molecule is CNC(=O)C(C)(C)CNC1CC(c2cccc(Br)c2)C1. The van der Waals surface area contributed by atoms with Crippen molar-refractivity contribution in [3.8, 4) is 0 Å². The van der Waals surface area contributed by atoms with Crippen LogP contribution in [0.15, 0.2) is 28.7 Å². The Morgan fingerprint density at radius 3 is 2.70 bits per heavy atom. The summed E-state index contributed by atoms with van der Waals surface area (Å²) >= 11 is 3.52. The lowest BCUT2D eigenvalue weighted by Crippen LogP contribution is -2.48. The van der Waals surface area contributed by atoms with Gasteiger partial charge in [-0.2, -0.15) is 0 Å². The smallest absolute Gasteiger partial charge is 0.226 e. The van der Waals surface area contributed by atoms with Gasteiger partial charge in [0.05, 0.1) is 5.41 Å². The third-order valence-electron chi connectivity index (χ3n) is 4.13. The van der Waals surface area contributed by atoms with Crippen LogP contribution in [0.4, 0.5) is 0 Å². The molecule has 0 spiro atoms. The lowest BCUT2D eigenvalue weighted by atomic mass is 9.75. The summed E-state index contributed by atoms with van der Waals surface area (Å²) in [5.74, 6) is 0.737. The molecule has 2 N–H and O–H groups in total. The average Bonchev–Trinajstić information content (AvgIpc) is 2.35. The van der Waals surface area contributed by atoms with Gasteiger partial charge in [0.15, 0.2) is 0 Å². The first-order chi connectivity index (χ1) is 9.42. The fourth-order valence-corrected chi connectivity index (χ4v) is 3.05. The first-order valence-electron chi connectivity index (χ1n) is 7.13. The van der Waals surface area contributed by atoms with Gasteiger partial charge in [-0.1, -0.05) is 28.1 Å². The molecule has 1 aromatic rings. The molecule has 20 heavy (non-hydrogen) atoms. The summed E-state index contributed by atoms with van der Waals surface area (Å²) < 4.78 is 1.15. The fraction of sp³-hybridized carbons (Fsp3) is 0.562. The topological polar surface area (TPSA) is 41.1 Å². The molecule has 0 heterocycles. The van der Waals surface area contributed by atoms with Gasteiger partial charge in [-0.25, -0.2) is 0 Å². The van der Waals surface area contributed by atoms with Crippen LogP contribution in [-0.2, 0) is 4.79 Å². The summed E-state index contributed by atoms with van der Waals surface area (Å²) in [6.45, 7) is 4.68. The van der Waals surface area contributed by atoms with Crippen molar-refractivity contribution in [3.63, 3.8) is 0 Å². The second-order valence-corrected chi connectivity index (χ2v) is 7.18. The Morgan fingerprint density at radius 1 is 1.40 bits per heavy atom. The predicted octanol–water partition coefficient (Wildman–Crippen LogP) is 3.06. The maximum absolute atomic E-state index is 11.7. The highest BCUT2D eigenvalue weighted by Gasteiger charge is 2.33. The molecule has 0 bridgehead atoms. The number of carbonyl (C=O) groups is 1. The van der Waals surface area contributed by atoms with E-state index in [-0.39, 0.29) is 11.3 Å². The zero-order valence-corrected chi connectivity index (χ0v) is 14.0. The van der Waals surface area contributed by atoms with E-state index < -0.39 is 0 Å². The fourth-order valence-electron chi connectivity index (χ4n) is 2.64. The Hall–Kier alpha value is -0.870. The highest BCUT2D eigenvalue weighted by atomic mass is 79.9. The van der Waals surface area contributed by atoms with Crippen molar-refractivity contribution >= 4 is 21.8 Å². The van der Waals surface area contributed by atoms with Gasteiger partial charge in [0.2, 0.25) is 5.91 Å². The molecule has 0 aromatic heterocycles. The van der Waals surface area contributed by atoms with E-state index in [1.807, 2.05) is 13.8 Å². The van der Waals surface area contributed by atoms with E-state index in [1.54, 1.807) is 7.05 Å². The van der Waals surface area contributed by atoms with E-state index in [0.717, 1.165) is 23.9 Å². The van der Waals surface area contributed by atoms with E-state index in [2.05, 4.69) is 50.8 Å². The van der Waals surface area contributed by atoms with Gasteiger partial charge in [0, 0.05) is 24.1 Å². The van der Waals surface area contributed by atoms with Gasteiger partial charge < -0.3 is 10.6 Å². The first kappa shape index (κ1) is 15.5. The molecule has 3 nitrogen and oxygen atoms in total. The number of hydrogen-bond donors (Lipinski definition) is 2. The molecule has 1 aromatic carbocycles. The largest absolute Gasteiger partial charge is 0.359 e. The molecule has 0 atom stereocenters. The van der Waals surface area contributed by atoms with Crippen molar-refractivity contribution in [2.24, 2.45) is 5.41 Å². The zero-order valence-electron chi connectivity index (χ0n) is 12.4. The maximum Gasteiger partial charge on any atom is 0.226 e. The van der Waals surface area contributed by atoms with E-state index in [4.69, 9.17) is 0 Å². The van der Waals surface area contributed by atoms with Crippen LogP contribution in [0.3, 0.4) is 0 Å². The number of amides is 1. The maximum atomic E-state index is 11.7. The number of carbonyl (C=O) groups excluding carboxylic acids is 1. The molecular weight excluding hydrogens is 316 g/mol. The minimum Gasteiger partial charge on any atom is -0.359 e. The molecule has 110 valence electrons. The van der Waals surface area contributed by atoms with E-state index in [9.17, 15) is 4.79 Å². The number of rotatable bonds is 5. The number of benzene rings is 1. The van der Waals surface area contributed by atoms with Crippen molar-refractivity contribution in [2.75, 3.05) is 13.6 Å². The monoisotopic (exact) mass is 338 g/mol. The van der Waals surface area contributed by atoms with E-state index in [1.165, 1.54) is 5.56 Å². The average molecular weight is 339 g/mol. The third kappa shape index (κ3) is 3.61. The molecule has 4 heteroatoms. The Kier molecular flexibility index (Phi) is 4.86. The summed E-state index contributed by atoms with van der Waals surface area (Å²) in [6, 6.07) is 9.08. The highest BCUT2D eigenvalue weighted by Crippen LogP contribution is 2.37. The highest BCUT2D eigenvalue weighted by molar-refractivity contribution is 9.10. The van der Waals surface area contributed by atoms with Gasteiger partial charge in [0.25, 0.3) is 0 Å². The van der Waals surface area contributed by atoms with E-state index >= 15 is 0 Å². The molecule has 0 radical (unpaired) electrons. The van der Waals surface area contributed by atoms with Crippen molar-refractivity contribution in [1.29, 1.82) is 0 Å². The second-order valence-electron chi connectivity index (χ2n) is 6.26. The summed E-state index contributed by atoms with van der Waals surface area (Å²) in [7, 11) is 1.69. The number of halogens is 1. The van der Waals surface area contributed by atoms with Crippen molar-refractivity contribution in [2.45, 2.75) is 38.6 Å². The van der Waals surface area contributed by atoms with Crippen LogP contribution in [0.1, 0.15) is 38.2 Å². The Morgan fingerprint density at radius 2 is 2.10 bits per heavy atom. The molecule has 0 unspecified atom stereocenters. The van der Waals surface area contributed by atoms with Crippen molar-refractivity contribution in [1.82, 2.24) is 10.6 Å². The normalized spacial score (nSPS) is 22.2. The molecule has 1 fully saturated rings. The van der Waals surface area contributed by atoms with Gasteiger partial charge in [-0.15, -0.1) is 0 Å². The molecule has 1 saturated carbocycles. The molecule has 0 aliphatic heterocycles. The van der Waals surface area contributed by atoms with Crippen LogP contribution in [-0.4, -0.2) is 25.5 Å². The summed E-state index contributed by atoms with van der Waals surface area (Å²) in [4.78, 5) is 11.7. The molecule has 1 aliphatic carbocycles. The Bertz CT molecular complexity index is 481. The van der Waals surface area contributed by atoms with Crippen LogP contribution >= 0.6 is 15.9 Å². The standard InChI is InChI=1S/C16H23BrN2O/c1-16(2,15(20)18-3)10-19-14-8-12(9-14)11-5-4-6-13(17)7-11/h4-7,12,14,19H,8-10H2,1-3H3,(H,18,20). The van der Waals surface area contributed by atoms with Gasteiger partial charge in [-0.05, 0) is 50.3 Å². The molecule has 1 aliphatic rings. The van der Waals surface area contributed by atoms with Crippen molar-refractivity contribution in [3.05, 3.63) is 34.3 Å². The lowest BCUT2D eigenvalue weighted by Gasteiger charge is -2.38. The number of nitrogens with one attached hydrogen (secondary N) is 2. The van der Waals surface area contributed by atoms with Crippen LogP contribution in [0, 0.1) is 5.41 Å². The minimum atomic E-state index is -0.352. The van der Waals surface area contributed by atoms with E-state index in [0.29, 0.717) is 12.0 Å². The van der Waals surface area contributed by atoms with Gasteiger partial charge in [0.1, 0.15) is 0 Å².